The largest absolute Gasteiger partial charge is 0.493 e. The van der Waals surface area contributed by atoms with E-state index in [4.69, 9.17) is 9.84 Å². The molecule has 0 fully saturated rings. The number of hydrogen-bond donors (Lipinski definition) is 2. The summed E-state index contributed by atoms with van der Waals surface area (Å²) in [7, 11) is 1.62. The predicted octanol–water partition coefficient (Wildman–Crippen LogP) is 2.36. The Morgan fingerprint density at radius 1 is 1.53 bits per heavy atom. The molecule has 1 aromatic carbocycles. The SMILES string of the molecule is CNC(C)(CCCOc1ccc(C)c(F)c1)C(=O)O. The van der Waals surface area contributed by atoms with Gasteiger partial charge in [-0.05, 0) is 45.4 Å². The Labute approximate surface area is 112 Å². The van der Waals surface area contributed by atoms with Crippen LogP contribution < -0.4 is 10.1 Å². The highest BCUT2D eigenvalue weighted by molar-refractivity contribution is 5.78. The number of aliphatic carboxylic acids is 1. The van der Waals surface area contributed by atoms with E-state index in [0.29, 0.717) is 30.8 Å². The fraction of sp³-hybridized carbons (Fsp3) is 0.500. The molecule has 0 aliphatic carbocycles. The van der Waals surface area contributed by atoms with E-state index in [0.717, 1.165) is 0 Å². The quantitative estimate of drug-likeness (QED) is 0.746. The number of nitrogens with one attached hydrogen (secondary N) is 1. The first-order chi connectivity index (χ1) is 8.89. The van der Waals surface area contributed by atoms with Crippen LogP contribution in [0.4, 0.5) is 4.39 Å². The van der Waals surface area contributed by atoms with Gasteiger partial charge in [-0.15, -0.1) is 0 Å². The van der Waals surface area contributed by atoms with Crippen molar-refractivity contribution in [3.05, 3.63) is 29.6 Å². The van der Waals surface area contributed by atoms with Crippen molar-refractivity contribution in [3.63, 3.8) is 0 Å². The number of benzene rings is 1. The summed E-state index contributed by atoms with van der Waals surface area (Å²) in [5.74, 6) is -0.732. The van der Waals surface area contributed by atoms with Gasteiger partial charge in [0.2, 0.25) is 0 Å². The predicted molar refractivity (Wildman–Crippen MR) is 71.0 cm³/mol. The monoisotopic (exact) mass is 269 g/mol. The van der Waals surface area contributed by atoms with Gasteiger partial charge in [-0.3, -0.25) is 4.79 Å². The number of likely N-dealkylation sites (N-methyl/N-ethyl adjacent to an activating group) is 1. The molecule has 1 rings (SSSR count). The Morgan fingerprint density at radius 3 is 2.74 bits per heavy atom. The lowest BCUT2D eigenvalue weighted by molar-refractivity contribution is -0.144. The Morgan fingerprint density at radius 2 is 2.21 bits per heavy atom. The molecule has 5 heteroatoms. The molecule has 106 valence electrons. The van der Waals surface area contributed by atoms with Crippen molar-refractivity contribution in [1.82, 2.24) is 5.32 Å². The van der Waals surface area contributed by atoms with E-state index >= 15 is 0 Å². The van der Waals surface area contributed by atoms with Crippen molar-refractivity contribution in [2.45, 2.75) is 32.2 Å². The summed E-state index contributed by atoms with van der Waals surface area (Å²) in [5.41, 5.74) is -0.386. The molecule has 4 nitrogen and oxygen atoms in total. The number of ether oxygens (including phenoxy) is 1. The van der Waals surface area contributed by atoms with Gasteiger partial charge in [0.25, 0.3) is 0 Å². The first-order valence-corrected chi connectivity index (χ1v) is 6.20. The van der Waals surface area contributed by atoms with E-state index in [2.05, 4.69) is 5.32 Å². The highest BCUT2D eigenvalue weighted by atomic mass is 19.1. The number of aryl methyl sites for hydroxylation is 1. The summed E-state index contributed by atoms with van der Waals surface area (Å²) in [5, 5.41) is 11.8. The van der Waals surface area contributed by atoms with Crippen LogP contribution in [-0.4, -0.2) is 30.3 Å². The highest BCUT2D eigenvalue weighted by Crippen LogP contribution is 2.17. The maximum atomic E-state index is 13.3. The molecule has 1 aromatic rings. The van der Waals surface area contributed by atoms with Gasteiger partial charge in [0.15, 0.2) is 0 Å². The zero-order valence-corrected chi connectivity index (χ0v) is 11.5. The summed E-state index contributed by atoms with van der Waals surface area (Å²) in [6, 6.07) is 4.69. The third-order valence-electron chi connectivity index (χ3n) is 3.26. The number of carboxylic acid groups (broad SMARTS) is 1. The van der Waals surface area contributed by atoms with Gasteiger partial charge in [0, 0.05) is 6.07 Å². The second-order valence-corrected chi connectivity index (χ2v) is 4.75. The highest BCUT2D eigenvalue weighted by Gasteiger charge is 2.30. The molecule has 2 N–H and O–H groups in total. The molecular formula is C14H20FNO3. The molecule has 0 aromatic heterocycles. The van der Waals surface area contributed by atoms with Crippen molar-refractivity contribution in [2.24, 2.45) is 0 Å². The van der Waals surface area contributed by atoms with E-state index in [1.54, 1.807) is 33.0 Å². The summed E-state index contributed by atoms with van der Waals surface area (Å²) in [6.07, 6.45) is 1.01. The summed E-state index contributed by atoms with van der Waals surface area (Å²) < 4.78 is 18.7. The maximum Gasteiger partial charge on any atom is 0.323 e. The Hall–Kier alpha value is -1.62. The molecule has 0 saturated heterocycles. The van der Waals surface area contributed by atoms with Gasteiger partial charge in [-0.1, -0.05) is 6.07 Å². The number of halogens is 1. The molecule has 1 atom stereocenters. The van der Waals surface area contributed by atoms with E-state index in [9.17, 15) is 9.18 Å². The van der Waals surface area contributed by atoms with E-state index < -0.39 is 11.5 Å². The zero-order valence-electron chi connectivity index (χ0n) is 11.5. The van der Waals surface area contributed by atoms with Crippen LogP contribution in [-0.2, 0) is 4.79 Å². The fourth-order valence-electron chi connectivity index (χ4n) is 1.62. The third kappa shape index (κ3) is 4.21. The van der Waals surface area contributed by atoms with Crippen LogP contribution in [0, 0.1) is 12.7 Å². The van der Waals surface area contributed by atoms with E-state index in [-0.39, 0.29) is 5.82 Å². The third-order valence-corrected chi connectivity index (χ3v) is 3.26. The molecule has 19 heavy (non-hydrogen) atoms. The van der Waals surface area contributed by atoms with Crippen LogP contribution in [0.1, 0.15) is 25.3 Å². The lowest BCUT2D eigenvalue weighted by atomic mass is 9.96. The van der Waals surface area contributed by atoms with Gasteiger partial charge >= 0.3 is 5.97 Å². The molecule has 1 unspecified atom stereocenters. The summed E-state index contributed by atoms with van der Waals surface area (Å²) in [6.45, 7) is 3.66. The fourth-order valence-corrected chi connectivity index (χ4v) is 1.62. The van der Waals surface area contributed by atoms with Gasteiger partial charge in [-0.2, -0.15) is 0 Å². The van der Waals surface area contributed by atoms with Crippen LogP contribution in [0.25, 0.3) is 0 Å². The normalized spacial score (nSPS) is 13.9. The smallest absolute Gasteiger partial charge is 0.323 e. The summed E-state index contributed by atoms with van der Waals surface area (Å²) >= 11 is 0. The topological polar surface area (TPSA) is 58.6 Å². The number of carboxylic acids is 1. The molecule has 0 aliphatic heterocycles. The molecule has 0 radical (unpaired) electrons. The van der Waals surface area contributed by atoms with Crippen molar-refractivity contribution in [1.29, 1.82) is 0 Å². The van der Waals surface area contributed by atoms with Crippen LogP contribution in [0.5, 0.6) is 5.75 Å². The average Bonchev–Trinajstić information content (AvgIpc) is 2.38. The number of rotatable bonds is 7. The van der Waals surface area contributed by atoms with Crippen molar-refractivity contribution < 1.29 is 19.0 Å². The van der Waals surface area contributed by atoms with E-state index in [1.165, 1.54) is 6.07 Å². The minimum atomic E-state index is -0.956. The van der Waals surface area contributed by atoms with Crippen LogP contribution in [0.15, 0.2) is 18.2 Å². The van der Waals surface area contributed by atoms with Gasteiger partial charge < -0.3 is 15.2 Å². The molecule has 0 bridgehead atoms. The Balaban J connectivity index is 2.42. The van der Waals surface area contributed by atoms with Crippen molar-refractivity contribution in [3.8, 4) is 5.75 Å². The second-order valence-electron chi connectivity index (χ2n) is 4.75. The molecule has 0 spiro atoms. The lowest BCUT2D eigenvalue weighted by Crippen LogP contribution is -2.47. The Kier molecular flexibility index (Phi) is 5.30. The van der Waals surface area contributed by atoms with Crippen LogP contribution in [0.2, 0.25) is 0 Å². The second kappa shape index (κ2) is 6.52. The number of hydrogen-bond acceptors (Lipinski definition) is 3. The molecular weight excluding hydrogens is 249 g/mol. The average molecular weight is 269 g/mol. The first kappa shape index (κ1) is 15.4. The first-order valence-electron chi connectivity index (χ1n) is 6.20. The number of carbonyl (C=O) groups is 1. The summed E-state index contributed by atoms with van der Waals surface area (Å²) in [4.78, 5) is 11.0. The van der Waals surface area contributed by atoms with Gasteiger partial charge in [0.1, 0.15) is 17.1 Å². The standard InChI is InChI=1S/C14H20FNO3/c1-10-5-6-11(9-12(10)15)19-8-4-7-14(2,16-3)13(17)18/h5-6,9,16H,4,7-8H2,1-3H3,(H,17,18). The van der Waals surface area contributed by atoms with Crippen molar-refractivity contribution in [2.75, 3.05) is 13.7 Å². The van der Waals surface area contributed by atoms with E-state index in [1.807, 2.05) is 0 Å². The van der Waals surface area contributed by atoms with Crippen molar-refractivity contribution >= 4 is 5.97 Å². The van der Waals surface area contributed by atoms with Gasteiger partial charge in [-0.25, -0.2) is 4.39 Å². The minimum Gasteiger partial charge on any atom is -0.493 e. The van der Waals surface area contributed by atoms with Gasteiger partial charge in [0.05, 0.1) is 6.61 Å². The van der Waals surface area contributed by atoms with Crippen LogP contribution in [0.3, 0.4) is 0 Å². The van der Waals surface area contributed by atoms with Crippen LogP contribution >= 0.6 is 0 Å². The molecule has 0 saturated carbocycles. The molecule has 0 amide bonds. The minimum absolute atomic E-state index is 0.303. The maximum absolute atomic E-state index is 13.3. The molecule has 0 aliphatic rings. The Bertz CT molecular complexity index is 450. The lowest BCUT2D eigenvalue weighted by Gasteiger charge is -2.23. The zero-order chi connectivity index (χ0) is 14.5. The molecule has 0 heterocycles.